The van der Waals surface area contributed by atoms with E-state index in [9.17, 15) is 0 Å². The molecule has 6 rings (SSSR count). The van der Waals surface area contributed by atoms with Crippen LogP contribution in [0.4, 0.5) is 5.69 Å². The maximum atomic E-state index is 6.02. The van der Waals surface area contributed by atoms with E-state index in [0.717, 1.165) is 40.0 Å². The fourth-order valence-corrected chi connectivity index (χ4v) is 5.21. The van der Waals surface area contributed by atoms with E-state index in [1.165, 1.54) is 0 Å². The summed E-state index contributed by atoms with van der Waals surface area (Å²) in [4.78, 5) is 11.2. The summed E-state index contributed by atoms with van der Waals surface area (Å²) in [5, 5.41) is 4.19. The van der Waals surface area contributed by atoms with Gasteiger partial charge in [0.2, 0.25) is 0 Å². The summed E-state index contributed by atoms with van der Waals surface area (Å²) in [6.07, 6.45) is 5.49. The molecule has 0 amide bonds. The van der Waals surface area contributed by atoms with Gasteiger partial charge in [0.25, 0.3) is 0 Å². The minimum atomic E-state index is -0.141. The Bertz CT molecular complexity index is 1500. The lowest BCUT2D eigenvalue weighted by Gasteiger charge is -2.29. The van der Waals surface area contributed by atoms with E-state index in [4.69, 9.17) is 17.0 Å². The lowest BCUT2D eigenvalue weighted by atomic mass is 10.0. The first-order chi connectivity index (χ1) is 18.2. The Kier molecular flexibility index (Phi) is 6.12. The molecule has 0 radical (unpaired) electrons. The van der Waals surface area contributed by atoms with E-state index in [1.807, 2.05) is 91.3 Å². The van der Waals surface area contributed by atoms with Gasteiger partial charge >= 0.3 is 0 Å². The van der Waals surface area contributed by atoms with E-state index in [1.54, 1.807) is 6.20 Å². The van der Waals surface area contributed by atoms with E-state index in [0.29, 0.717) is 5.11 Å². The number of hydrogen-bond donors (Lipinski definition) is 1. The van der Waals surface area contributed by atoms with Crippen molar-refractivity contribution in [1.29, 1.82) is 0 Å². The zero-order valence-electron chi connectivity index (χ0n) is 20.2. The Morgan fingerprint density at radius 3 is 2.30 bits per heavy atom. The van der Waals surface area contributed by atoms with Gasteiger partial charge in [-0.3, -0.25) is 9.97 Å². The molecule has 4 heterocycles. The van der Waals surface area contributed by atoms with Gasteiger partial charge in [0, 0.05) is 29.5 Å². The SMILES string of the molecule is Cc1ccc([C@@H]2[C@H](c3ccccn3)NC(=S)N2c2ccc(Oc3ccccc3)cc2)n1-c1cccnc1. The van der Waals surface area contributed by atoms with Crippen LogP contribution in [-0.4, -0.2) is 19.6 Å². The quantitative estimate of drug-likeness (QED) is 0.265. The highest BCUT2D eigenvalue weighted by Crippen LogP contribution is 2.43. The van der Waals surface area contributed by atoms with Crippen molar-refractivity contribution in [1.82, 2.24) is 19.9 Å². The number of nitrogens with one attached hydrogen (secondary N) is 1. The van der Waals surface area contributed by atoms with Crippen LogP contribution in [0.25, 0.3) is 5.69 Å². The fraction of sp³-hybridized carbons (Fsp3) is 0.100. The third kappa shape index (κ3) is 4.45. The van der Waals surface area contributed by atoms with Gasteiger partial charge in [0.1, 0.15) is 17.5 Å². The smallest absolute Gasteiger partial charge is 0.174 e. The molecular weight excluding hydrogens is 478 g/mol. The molecule has 1 N–H and O–H groups in total. The Balaban J connectivity index is 1.42. The molecule has 2 atom stereocenters. The highest BCUT2D eigenvalue weighted by Gasteiger charge is 2.42. The number of nitrogens with zero attached hydrogens (tertiary/aromatic N) is 4. The van der Waals surface area contributed by atoms with Crippen LogP contribution in [0.3, 0.4) is 0 Å². The van der Waals surface area contributed by atoms with Crippen LogP contribution in [0.2, 0.25) is 0 Å². The molecule has 37 heavy (non-hydrogen) atoms. The molecule has 1 aliphatic heterocycles. The first-order valence-corrected chi connectivity index (χ1v) is 12.5. The topological polar surface area (TPSA) is 55.2 Å². The number of para-hydroxylation sites is 1. The summed E-state index contributed by atoms with van der Waals surface area (Å²) >= 11 is 5.92. The number of pyridine rings is 2. The molecule has 0 saturated carbocycles. The van der Waals surface area contributed by atoms with Crippen molar-refractivity contribution in [3.05, 3.63) is 133 Å². The van der Waals surface area contributed by atoms with Gasteiger partial charge in [-0.2, -0.15) is 0 Å². The highest BCUT2D eigenvalue weighted by molar-refractivity contribution is 7.80. The number of thiocarbonyl (C=S) groups is 1. The van der Waals surface area contributed by atoms with Crippen LogP contribution >= 0.6 is 12.2 Å². The number of aryl methyl sites for hydroxylation is 1. The second-order valence-electron chi connectivity index (χ2n) is 8.85. The van der Waals surface area contributed by atoms with Gasteiger partial charge in [-0.25, -0.2) is 0 Å². The predicted molar refractivity (Wildman–Crippen MR) is 149 cm³/mol. The molecular formula is C30H25N5OS. The molecule has 6 nitrogen and oxygen atoms in total. The van der Waals surface area contributed by atoms with Crippen molar-refractivity contribution >= 4 is 23.0 Å². The average Bonchev–Trinajstić information content (AvgIpc) is 3.50. The molecule has 1 aliphatic rings. The van der Waals surface area contributed by atoms with Crippen LogP contribution in [0.15, 0.2) is 116 Å². The summed E-state index contributed by atoms with van der Waals surface area (Å²) in [5.41, 5.74) is 5.12. The minimum Gasteiger partial charge on any atom is -0.457 e. The second-order valence-corrected chi connectivity index (χ2v) is 9.24. The Morgan fingerprint density at radius 1 is 0.784 bits per heavy atom. The van der Waals surface area contributed by atoms with Gasteiger partial charge in [0.05, 0.1) is 23.6 Å². The van der Waals surface area contributed by atoms with Crippen LogP contribution < -0.4 is 15.0 Å². The summed E-state index contributed by atoms with van der Waals surface area (Å²) < 4.78 is 8.26. The molecule has 7 heteroatoms. The maximum Gasteiger partial charge on any atom is 0.174 e. The summed E-state index contributed by atoms with van der Waals surface area (Å²) in [6.45, 7) is 2.10. The Hall–Kier alpha value is -4.49. The Morgan fingerprint density at radius 2 is 1.57 bits per heavy atom. The zero-order valence-corrected chi connectivity index (χ0v) is 21.0. The lowest BCUT2D eigenvalue weighted by Crippen LogP contribution is -2.30. The third-order valence-corrected chi connectivity index (χ3v) is 6.82. The number of rotatable bonds is 6. The molecule has 3 aromatic heterocycles. The zero-order chi connectivity index (χ0) is 25.2. The second kappa shape index (κ2) is 9.87. The van der Waals surface area contributed by atoms with E-state index < -0.39 is 0 Å². The standard InChI is InChI=1S/C30H25N5OS/c1-21-12-17-27(34(21)23-8-7-18-31-20-23)29-28(26-11-5-6-19-32-26)33-30(37)35(29)22-13-15-25(16-14-22)36-24-9-3-2-4-10-24/h2-20,28-29H,1H3,(H,33,37)/t28-,29+/m0/s1. The van der Waals surface area contributed by atoms with Crippen LogP contribution in [-0.2, 0) is 0 Å². The number of benzene rings is 2. The van der Waals surface area contributed by atoms with Crippen LogP contribution in [0.1, 0.15) is 29.2 Å². The maximum absolute atomic E-state index is 6.02. The minimum absolute atomic E-state index is 0.140. The molecule has 2 aromatic carbocycles. The van der Waals surface area contributed by atoms with E-state index >= 15 is 0 Å². The van der Waals surface area contributed by atoms with Crippen molar-refractivity contribution in [3.63, 3.8) is 0 Å². The summed E-state index contributed by atoms with van der Waals surface area (Å²) in [5.74, 6) is 1.56. The highest BCUT2D eigenvalue weighted by atomic mass is 32.1. The number of ether oxygens (including phenoxy) is 1. The van der Waals surface area contributed by atoms with Crippen molar-refractivity contribution in [2.45, 2.75) is 19.0 Å². The van der Waals surface area contributed by atoms with Gasteiger partial charge < -0.3 is 19.5 Å². The van der Waals surface area contributed by atoms with Crippen molar-refractivity contribution < 1.29 is 4.74 Å². The van der Waals surface area contributed by atoms with Gasteiger partial charge in [0.15, 0.2) is 5.11 Å². The molecule has 0 unspecified atom stereocenters. The van der Waals surface area contributed by atoms with Crippen molar-refractivity contribution in [3.8, 4) is 17.2 Å². The van der Waals surface area contributed by atoms with E-state index in [-0.39, 0.29) is 12.1 Å². The lowest BCUT2D eigenvalue weighted by molar-refractivity contribution is 0.482. The molecule has 1 saturated heterocycles. The number of anilines is 1. The molecule has 0 bridgehead atoms. The van der Waals surface area contributed by atoms with Gasteiger partial charge in [-0.15, -0.1) is 0 Å². The van der Waals surface area contributed by atoms with Gasteiger partial charge in [-0.1, -0.05) is 24.3 Å². The van der Waals surface area contributed by atoms with Crippen LogP contribution in [0, 0.1) is 6.92 Å². The molecule has 182 valence electrons. The average molecular weight is 504 g/mol. The number of hydrogen-bond acceptors (Lipinski definition) is 4. The summed E-state index contributed by atoms with van der Waals surface area (Å²) in [7, 11) is 0. The first kappa shape index (κ1) is 22.9. The molecule has 5 aromatic rings. The Labute approximate surface area is 221 Å². The normalized spacial score (nSPS) is 17.0. The summed E-state index contributed by atoms with van der Waals surface area (Å²) in [6, 6.07) is 31.8. The number of aromatic nitrogens is 3. The van der Waals surface area contributed by atoms with Crippen molar-refractivity contribution in [2.24, 2.45) is 0 Å². The fourth-order valence-electron chi connectivity index (χ4n) is 4.86. The largest absolute Gasteiger partial charge is 0.457 e. The van der Waals surface area contributed by atoms with E-state index in [2.05, 4.69) is 49.9 Å². The monoisotopic (exact) mass is 503 g/mol. The van der Waals surface area contributed by atoms with Crippen molar-refractivity contribution in [2.75, 3.05) is 4.90 Å². The molecule has 0 spiro atoms. The molecule has 0 aliphatic carbocycles. The first-order valence-electron chi connectivity index (χ1n) is 12.1. The van der Waals surface area contributed by atoms with Gasteiger partial charge in [-0.05, 0) is 91.9 Å². The predicted octanol–water partition coefficient (Wildman–Crippen LogP) is 6.55. The third-order valence-electron chi connectivity index (χ3n) is 6.51. The molecule has 1 fully saturated rings. The van der Waals surface area contributed by atoms with Crippen LogP contribution in [0.5, 0.6) is 11.5 Å².